The number of amides is 1. The van der Waals surface area contributed by atoms with E-state index >= 15 is 0 Å². The summed E-state index contributed by atoms with van der Waals surface area (Å²) in [6, 6.07) is 10.6. The number of hydrogen-bond donors (Lipinski definition) is 2. The van der Waals surface area contributed by atoms with Gasteiger partial charge in [0.2, 0.25) is 10.0 Å². The average Bonchev–Trinajstić information content (AvgIpc) is 2.73. The molecule has 2 N–H and O–H groups in total. The van der Waals surface area contributed by atoms with E-state index in [9.17, 15) is 17.6 Å². The lowest BCUT2D eigenvalue weighted by molar-refractivity contribution is 0.0342. The predicted octanol–water partition coefficient (Wildman–Crippen LogP) is 2.37. The van der Waals surface area contributed by atoms with E-state index in [1.165, 1.54) is 12.1 Å². The number of carbonyl (C=O) groups is 1. The van der Waals surface area contributed by atoms with Crippen molar-refractivity contribution in [1.82, 2.24) is 9.62 Å². The number of hydrogen-bond acceptors (Lipinski definition) is 5. The maximum Gasteiger partial charge on any atom is 0.255 e. The highest BCUT2D eigenvalue weighted by atomic mass is 32.2. The molecule has 0 spiro atoms. The topological polar surface area (TPSA) is 87.7 Å². The van der Waals surface area contributed by atoms with Gasteiger partial charge in [0.05, 0.1) is 13.2 Å². The smallest absolute Gasteiger partial charge is 0.255 e. The fourth-order valence-corrected chi connectivity index (χ4v) is 4.16. The van der Waals surface area contributed by atoms with Crippen LogP contribution in [0.3, 0.4) is 0 Å². The minimum absolute atomic E-state index is 0.0361. The van der Waals surface area contributed by atoms with Gasteiger partial charge in [-0.2, -0.15) is 0 Å². The van der Waals surface area contributed by atoms with Crippen molar-refractivity contribution < 1.29 is 22.3 Å². The number of anilines is 1. The first kappa shape index (κ1) is 22.1. The first-order valence-electron chi connectivity index (χ1n) is 9.49. The van der Waals surface area contributed by atoms with Crippen molar-refractivity contribution in [3.63, 3.8) is 0 Å². The van der Waals surface area contributed by atoms with Crippen molar-refractivity contribution in [2.45, 2.75) is 11.4 Å². The van der Waals surface area contributed by atoms with Gasteiger partial charge in [0.15, 0.2) is 0 Å². The Labute approximate surface area is 175 Å². The number of ether oxygens (including phenoxy) is 1. The molecule has 0 bridgehead atoms. The molecule has 7 nitrogen and oxygen atoms in total. The lowest BCUT2D eigenvalue weighted by atomic mass is 10.1. The summed E-state index contributed by atoms with van der Waals surface area (Å²) in [7, 11) is -4.10. The Kier molecular flexibility index (Phi) is 7.33. The lowest BCUT2D eigenvalue weighted by Gasteiger charge is -2.26. The van der Waals surface area contributed by atoms with Gasteiger partial charge in [0, 0.05) is 37.4 Å². The van der Waals surface area contributed by atoms with Gasteiger partial charge < -0.3 is 10.1 Å². The molecular weight excluding hydrogens is 409 g/mol. The van der Waals surface area contributed by atoms with Crippen LogP contribution in [0.2, 0.25) is 0 Å². The molecule has 2 aromatic carbocycles. The Morgan fingerprint density at radius 2 is 1.97 bits per heavy atom. The van der Waals surface area contributed by atoms with E-state index < -0.39 is 26.6 Å². The number of carbonyl (C=O) groups excluding carboxylic acids is 1. The number of halogens is 1. The molecule has 0 atom stereocenters. The molecule has 9 heteroatoms. The van der Waals surface area contributed by atoms with E-state index in [-0.39, 0.29) is 12.1 Å². The van der Waals surface area contributed by atoms with Gasteiger partial charge in [-0.1, -0.05) is 18.2 Å². The van der Waals surface area contributed by atoms with E-state index in [1.54, 1.807) is 6.07 Å². The van der Waals surface area contributed by atoms with Gasteiger partial charge in [-0.05, 0) is 35.9 Å². The highest BCUT2D eigenvalue weighted by Crippen LogP contribution is 2.19. The number of nitrogens with one attached hydrogen (secondary N) is 2. The van der Waals surface area contributed by atoms with Crippen molar-refractivity contribution in [1.29, 1.82) is 0 Å². The highest BCUT2D eigenvalue weighted by Gasteiger charge is 2.21. The molecule has 1 saturated heterocycles. The van der Waals surface area contributed by atoms with Crippen molar-refractivity contribution in [3.8, 4) is 0 Å². The Morgan fingerprint density at radius 1 is 1.20 bits per heavy atom. The van der Waals surface area contributed by atoms with Crippen molar-refractivity contribution in [2.24, 2.45) is 0 Å². The molecular formula is C21H24FN3O4S. The van der Waals surface area contributed by atoms with Crippen molar-refractivity contribution in [2.75, 3.05) is 38.2 Å². The molecule has 0 saturated carbocycles. The van der Waals surface area contributed by atoms with Crippen LogP contribution in [-0.4, -0.2) is 52.1 Å². The van der Waals surface area contributed by atoms with Crippen LogP contribution in [0.5, 0.6) is 0 Å². The SMILES string of the molecule is C=CCNS(=O)(=O)c1cc(C(=O)Nc2cccc(CN3CCOCC3)c2)ccc1F. The van der Waals surface area contributed by atoms with Crippen LogP contribution in [0.15, 0.2) is 60.0 Å². The van der Waals surface area contributed by atoms with Gasteiger partial charge in [-0.25, -0.2) is 17.5 Å². The number of nitrogens with zero attached hydrogens (tertiary/aromatic N) is 1. The molecule has 1 aliphatic rings. The van der Waals surface area contributed by atoms with Gasteiger partial charge in [0.1, 0.15) is 10.7 Å². The first-order chi connectivity index (χ1) is 14.4. The van der Waals surface area contributed by atoms with Crippen LogP contribution in [-0.2, 0) is 21.3 Å². The molecule has 0 radical (unpaired) electrons. The second-order valence-corrected chi connectivity index (χ2v) is 8.56. The first-order valence-corrected chi connectivity index (χ1v) is 11.0. The fraction of sp³-hybridized carbons (Fsp3) is 0.286. The Balaban J connectivity index is 1.74. The summed E-state index contributed by atoms with van der Waals surface area (Å²) < 4.78 is 46.1. The summed E-state index contributed by atoms with van der Waals surface area (Å²) >= 11 is 0. The number of benzene rings is 2. The summed E-state index contributed by atoms with van der Waals surface area (Å²) in [4.78, 5) is 14.3. The summed E-state index contributed by atoms with van der Waals surface area (Å²) in [5, 5.41) is 2.74. The quantitative estimate of drug-likeness (QED) is 0.624. The summed E-state index contributed by atoms with van der Waals surface area (Å²) in [5.74, 6) is -1.46. The summed E-state index contributed by atoms with van der Waals surface area (Å²) in [6.45, 7) is 7.22. The largest absolute Gasteiger partial charge is 0.379 e. The summed E-state index contributed by atoms with van der Waals surface area (Å²) in [5.41, 5.74) is 1.64. The molecule has 2 aromatic rings. The van der Waals surface area contributed by atoms with Crippen LogP contribution in [0.1, 0.15) is 15.9 Å². The van der Waals surface area contributed by atoms with Crippen LogP contribution in [0, 0.1) is 5.82 Å². The third-order valence-electron chi connectivity index (χ3n) is 4.60. The van der Waals surface area contributed by atoms with Crippen LogP contribution in [0.25, 0.3) is 0 Å². The maximum absolute atomic E-state index is 14.1. The zero-order valence-electron chi connectivity index (χ0n) is 16.4. The predicted molar refractivity (Wildman–Crippen MR) is 112 cm³/mol. The molecule has 1 aliphatic heterocycles. The molecule has 160 valence electrons. The number of morpholine rings is 1. The Hall–Kier alpha value is -2.59. The minimum atomic E-state index is -4.10. The van der Waals surface area contributed by atoms with Crippen LogP contribution in [0.4, 0.5) is 10.1 Å². The lowest BCUT2D eigenvalue weighted by Crippen LogP contribution is -2.35. The van der Waals surface area contributed by atoms with Gasteiger partial charge in [-0.15, -0.1) is 6.58 Å². The van der Waals surface area contributed by atoms with E-state index in [0.717, 1.165) is 37.3 Å². The standard InChI is InChI=1S/C21H24FN3O4S/c1-2-8-23-30(27,28)20-14-17(6-7-19(20)22)21(26)24-18-5-3-4-16(13-18)15-25-9-11-29-12-10-25/h2-7,13-14,23H,1,8-12,15H2,(H,24,26). The van der Waals surface area contributed by atoms with Gasteiger partial charge >= 0.3 is 0 Å². The number of sulfonamides is 1. The second kappa shape index (κ2) is 9.94. The molecule has 1 amide bonds. The zero-order valence-corrected chi connectivity index (χ0v) is 17.3. The Bertz CT molecular complexity index is 1020. The van der Waals surface area contributed by atoms with Crippen molar-refractivity contribution in [3.05, 3.63) is 72.1 Å². The highest BCUT2D eigenvalue weighted by molar-refractivity contribution is 7.89. The zero-order chi connectivity index (χ0) is 21.6. The average molecular weight is 434 g/mol. The van der Waals surface area contributed by atoms with Gasteiger partial charge in [0.25, 0.3) is 5.91 Å². The number of rotatable bonds is 8. The van der Waals surface area contributed by atoms with E-state index in [4.69, 9.17) is 4.74 Å². The third kappa shape index (κ3) is 5.73. The Morgan fingerprint density at radius 3 is 2.70 bits per heavy atom. The van der Waals surface area contributed by atoms with E-state index in [0.29, 0.717) is 18.9 Å². The molecule has 3 rings (SSSR count). The summed E-state index contributed by atoms with van der Waals surface area (Å²) in [6.07, 6.45) is 1.34. The molecule has 0 unspecified atom stereocenters. The van der Waals surface area contributed by atoms with Crippen LogP contribution < -0.4 is 10.0 Å². The molecule has 0 aromatic heterocycles. The third-order valence-corrected chi connectivity index (χ3v) is 6.03. The molecule has 1 fully saturated rings. The van der Waals surface area contributed by atoms with Crippen molar-refractivity contribution >= 4 is 21.6 Å². The van der Waals surface area contributed by atoms with E-state index in [1.807, 2.05) is 18.2 Å². The van der Waals surface area contributed by atoms with Gasteiger partial charge in [-0.3, -0.25) is 9.69 Å². The minimum Gasteiger partial charge on any atom is -0.379 e. The fourth-order valence-electron chi connectivity index (χ4n) is 3.07. The molecule has 1 heterocycles. The van der Waals surface area contributed by atoms with Crippen LogP contribution >= 0.6 is 0 Å². The van der Waals surface area contributed by atoms with E-state index in [2.05, 4.69) is 21.5 Å². The molecule has 0 aliphatic carbocycles. The maximum atomic E-state index is 14.1. The molecule has 30 heavy (non-hydrogen) atoms. The normalized spacial score (nSPS) is 15.0. The monoisotopic (exact) mass is 433 g/mol. The second-order valence-electron chi connectivity index (χ2n) is 6.83.